The lowest BCUT2D eigenvalue weighted by atomic mass is 9.90. The van der Waals surface area contributed by atoms with E-state index in [0.29, 0.717) is 13.0 Å². The molecule has 1 aliphatic rings. The van der Waals surface area contributed by atoms with Gasteiger partial charge in [-0.2, -0.15) is 0 Å². The zero-order valence-electron chi connectivity index (χ0n) is 10.5. The van der Waals surface area contributed by atoms with E-state index in [0.717, 1.165) is 25.7 Å². The summed E-state index contributed by atoms with van der Waals surface area (Å²) in [6, 6.07) is 10.0. The molecule has 0 amide bonds. The summed E-state index contributed by atoms with van der Waals surface area (Å²) in [5, 5.41) is 9.32. The van der Waals surface area contributed by atoms with Gasteiger partial charge in [-0.1, -0.05) is 30.3 Å². The van der Waals surface area contributed by atoms with Gasteiger partial charge in [-0.05, 0) is 37.7 Å². The van der Waals surface area contributed by atoms with Crippen molar-refractivity contribution in [3.05, 3.63) is 35.9 Å². The topological polar surface area (TPSA) is 46.5 Å². The molecular weight excluding hydrogens is 228 g/mol. The minimum absolute atomic E-state index is 0.0973. The molecule has 3 heteroatoms. The Balaban J connectivity index is 1.92. The van der Waals surface area contributed by atoms with Gasteiger partial charge in [0, 0.05) is 6.61 Å². The van der Waals surface area contributed by atoms with Crippen LogP contribution in [0.25, 0.3) is 0 Å². The molecule has 3 nitrogen and oxygen atoms in total. The highest BCUT2D eigenvalue weighted by atomic mass is 16.5. The first-order valence-corrected chi connectivity index (χ1v) is 6.65. The predicted molar refractivity (Wildman–Crippen MR) is 69.5 cm³/mol. The van der Waals surface area contributed by atoms with Gasteiger partial charge in [0.25, 0.3) is 0 Å². The van der Waals surface area contributed by atoms with Crippen LogP contribution in [-0.4, -0.2) is 23.8 Å². The van der Waals surface area contributed by atoms with E-state index in [1.54, 1.807) is 0 Å². The number of carbonyl (C=O) groups is 1. The monoisotopic (exact) mass is 248 g/mol. The summed E-state index contributed by atoms with van der Waals surface area (Å²) in [5.41, 5.74) is 1.19. The molecule has 0 saturated carbocycles. The summed E-state index contributed by atoms with van der Waals surface area (Å²) < 4.78 is 5.61. The average Bonchev–Trinajstić information content (AvgIpc) is 2.41. The summed E-state index contributed by atoms with van der Waals surface area (Å²) in [4.78, 5) is 11.3. The van der Waals surface area contributed by atoms with Gasteiger partial charge in [0.2, 0.25) is 0 Å². The van der Waals surface area contributed by atoms with Crippen molar-refractivity contribution in [2.45, 2.75) is 38.2 Å². The van der Waals surface area contributed by atoms with E-state index in [-0.39, 0.29) is 12.0 Å². The largest absolute Gasteiger partial charge is 0.481 e. The van der Waals surface area contributed by atoms with Crippen LogP contribution >= 0.6 is 0 Å². The van der Waals surface area contributed by atoms with Crippen LogP contribution in [0.5, 0.6) is 0 Å². The number of hydrogen-bond acceptors (Lipinski definition) is 2. The third kappa shape index (κ3) is 3.57. The molecule has 0 radical (unpaired) electrons. The molecule has 0 aromatic heterocycles. The second kappa shape index (κ2) is 6.55. The fourth-order valence-electron chi connectivity index (χ4n) is 2.52. The van der Waals surface area contributed by atoms with E-state index >= 15 is 0 Å². The average molecular weight is 248 g/mol. The first kappa shape index (κ1) is 13.1. The molecule has 1 fully saturated rings. The van der Waals surface area contributed by atoms with Crippen molar-refractivity contribution >= 4 is 5.97 Å². The SMILES string of the molecule is O=C(O)C(CCc1ccccc1)C1CCCCO1. The maximum absolute atomic E-state index is 11.3. The molecule has 18 heavy (non-hydrogen) atoms. The van der Waals surface area contributed by atoms with E-state index in [4.69, 9.17) is 4.74 Å². The number of carboxylic acids is 1. The highest BCUT2D eigenvalue weighted by Crippen LogP contribution is 2.24. The minimum Gasteiger partial charge on any atom is -0.481 e. The number of benzene rings is 1. The van der Waals surface area contributed by atoms with Crippen LogP contribution in [-0.2, 0) is 16.0 Å². The third-order valence-electron chi connectivity index (χ3n) is 3.57. The maximum Gasteiger partial charge on any atom is 0.309 e. The Morgan fingerprint density at radius 1 is 1.33 bits per heavy atom. The smallest absolute Gasteiger partial charge is 0.309 e. The molecule has 0 bridgehead atoms. The highest BCUT2D eigenvalue weighted by molar-refractivity contribution is 5.70. The lowest BCUT2D eigenvalue weighted by Gasteiger charge is -2.27. The first-order chi connectivity index (χ1) is 8.77. The molecule has 1 saturated heterocycles. The van der Waals surface area contributed by atoms with Gasteiger partial charge >= 0.3 is 5.97 Å². The number of aliphatic carboxylic acids is 1. The first-order valence-electron chi connectivity index (χ1n) is 6.65. The molecule has 1 N–H and O–H groups in total. The number of rotatable bonds is 5. The molecule has 1 heterocycles. The fraction of sp³-hybridized carbons (Fsp3) is 0.533. The Morgan fingerprint density at radius 3 is 2.72 bits per heavy atom. The van der Waals surface area contributed by atoms with Crippen molar-refractivity contribution in [1.82, 2.24) is 0 Å². The van der Waals surface area contributed by atoms with Gasteiger partial charge in [-0.25, -0.2) is 0 Å². The lowest BCUT2D eigenvalue weighted by Crippen LogP contribution is -2.33. The summed E-state index contributed by atoms with van der Waals surface area (Å²) in [6.07, 6.45) is 4.38. The molecule has 1 aliphatic heterocycles. The highest BCUT2D eigenvalue weighted by Gasteiger charge is 2.29. The second-order valence-corrected chi connectivity index (χ2v) is 4.87. The van der Waals surface area contributed by atoms with Crippen LogP contribution in [0.3, 0.4) is 0 Å². The summed E-state index contributed by atoms with van der Waals surface area (Å²) in [6.45, 7) is 0.708. The molecular formula is C15H20O3. The summed E-state index contributed by atoms with van der Waals surface area (Å²) in [5.74, 6) is -1.09. The predicted octanol–water partition coefficient (Wildman–Crippen LogP) is 2.89. The molecule has 1 aromatic rings. The van der Waals surface area contributed by atoms with Crippen molar-refractivity contribution in [2.75, 3.05) is 6.61 Å². The Kier molecular flexibility index (Phi) is 4.76. The number of aryl methyl sites for hydroxylation is 1. The molecule has 0 spiro atoms. The van der Waals surface area contributed by atoms with Gasteiger partial charge in [-0.15, -0.1) is 0 Å². The third-order valence-corrected chi connectivity index (χ3v) is 3.57. The zero-order valence-corrected chi connectivity index (χ0v) is 10.5. The maximum atomic E-state index is 11.3. The van der Waals surface area contributed by atoms with E-state index < -0.39 is 5.97 Å². The Hall–Kier alpha value is -1.35. The van der Waals surface area contributed by atoms with Crippen molar-refractivity contribution in [1.29, 1.82) is 0 Å². The molecule has 1 aromatic carbocycles. The molecule has 0 aliphatic carbocycles. The van der Waals surface area contributed by atoms with Crippen molar-refractivity contribution < 1.29 is 14.6 Å². The van der Waals surface area contributed by atoms with Crippen LogP contribution in [0.15, 0.2) is 30.3 Å². The number of carboxylic acid groups (broad SMARTS) is 1. The standard InChI is InChI=1S/C15H20O3/c16-15(17)13(14-8-4-5-11-18-14)10-9-12-6-2-1-3-7-12/h1-3,6-7,13-14H,4-5,8-11H2,(H,16,17). The van der Waals surface area contributed by atoms with Gasteiger partial charge in [-0.3, -0.25) is 4.79 Å². The number of ether oxygens (including phenoxy) is 1. The molecule has 2 atom stereocenters. The normalized spacial score (nSPS) is 21.4. The van der Waals surface area contributed by atoms with Crippen LogP contribution in [0, 0.1) is 5.92 Å². The van der Waals surface area contributed by atoms with Gasteiger partial charge < -0.3 is 9.84 Å². The summed E-state index contributed by atoms with van der Waals surface area (Å²) >= 11 is 0. The Labute approximate surface area is 108 Å². The molecule has 98 valence electrons. The second-order valence-electron chi connectivity index (χ2n) is 4.87. The van der Waals surface area contributed by atoms with E-state index in [9.17, 15) is 9.90 Å². The van der Waals surface area contributed by atoms with E-state index in [1.165, 1.54) is 5.56 Å². The lowest BCUT2D eigenvalue weighted by molar-refractivity contribution is -0.149. The van der Waals surface area contributed by atoms with Crippen molar-refractivity contribution in [2.24, 2.45) is 5.92 Å². The van der Waals surface area contributed by atoms with Crippen molar-refractivity contribution in [3.63, 3.8) is 0 Å². The Bertz CT molecular complexity index is 369. The Morgan fingerprint density at radius 2 is 2.11 bits per heavy atom. The van der Waals surface area contributed by atoms with Gasteiger partial charge in [0.05, 0.1) is 12.0 Å². The van der Waals surface area contributed by atoms with Crippen LogP contribution in [0.1, 0.15) is 31.2 Å². The molecule has 2 unspecified atom stereocenters. The zero-order chi connectivity index (χ0) is 12.8. The number of hydrogen-bond donors (Lipinski definition) is 1. The van der Waals surface area contributed by atoms with Gasteiger partial charge in [0.1, 0.15) is 0 Å². The van der Waals surface area contributed by atoms with E-state index in [2.05, 4.69) is 0 Å². The van der Waals surface area contributed by atoms with Crippen LogP contribution < -0.4 is 0 Å². The van der Waals surface area contributed by atoms with E-state index in [1.807, 2.05) is 30.3 Å². The molecule has 2 rings (SSSR count). The summed E-state index contributed by atoms with van der Waals surface area (Å²) in [7, 11) is 0. The van der Waals surface area contributed by atoms with Crippen molar-refractivity contribution in [3.8, 4) is 0 Å². The minimum atomic E-state index is -0.724. The fourth-order valence-corrected chi connectivity index (χ4v) is 2.52. The van der Waals surface area contributed by atoms with Gasteiger partial charge in [0.15, 0.2) is 0 Å². The van der Waals surface area contributed by atoms with Crippen LogP contribution in [0.2, 0.25) is 0 Å². The van der Waals surface area contributed by atoms with Crippen LogP contribution in [0.4, 0.5) is 0 Å². The quantitative estimate of drug-likeness (QED) is 0.871.